The van der Waals surface area contributed by atoms with Crippen LogP contribution in [0, 0.1) is 5.92 Å². The molecule has 5 heterocycles. The van der Waals surface area contributed by atoms with Crippen molar-refractivity contribution in [2.24, 2.45) is 5.92 Å². The van der Waals surface area contributed by atoms with Crippen LogP contribution in [0.4, 0.5) is 22.2 Å². The average molecular weight is 522 g/mol. The summed E-state index contributed by atoms with van der Waals surface area (Å²) < 4.78 is 6.04. The number of carbonyl (C=O) groups excluding carboxylic acids is 1. The molecule has 4 aliphatic rings. The number of carboxylic acid groups (broad SMARTS) is 1. The Kier molecular flexibility index (Phi) is 7.01. The predicted octanol–water partition coefficient (Wildman–Crippen LogP) is 3.12. The zero-order valence-electron chi connectivity index (χ0n) is 21.5. The van der Waals surface area contributed by atoms with Crippen molar-refractivity contribution in [2.75, 3.05) is 36.4 Å². The van der Waals surface area contributed by atoms with Crippen LogP contribution in [-0.2, 0) is 9.53 Å². The van der Waals surface area contributed by atoms with E-state index in [9.17, 15) is 14.7 Å². The molecule has 11 nitrogen and oxygen atoms in total. The summed E-state index contributed by atoms with van der Waals surface area (Å²) in [5.74, 6) is 0.469. The molecule has 2 aromatic rings. The highest BCUT2D eigenvalue weighted by Gasteiger charge is 2.51. The van der Waals surface area contributed by atoms with Gasteiger partial charge < -0.3 is 20.1 Å². The molecule has 3 saturated heterocycles. The maximum atomic E-state index is 13.1. The van der Waals surface area contributed by atoms with Gasteiger partial charge in [-0.25, -0.2) is 9.78 Å². The quantitative estimate of drug-likeness (QED) is 0.586. The fraction of sp³-hybridized carbons (Fsp3) is 0.593. The molecule has 2 N–H and O–H groups in total. The van der Waals surface area contributed by atoms with E-state index >= 15 is 0 Å². The highest BCUT2D eigenvalue weighted by Crippen LogP contribution is 2.39. The molecule has 3 aliphatic heterocycles. The van der Waals surface area contributed by atoms with Gasteiger partial charge in [0.15, 0.2) is 0 Å². The number of aliphatic carboxylic acids is 1. The summed E-state index contributed by atoms with van der Waals surface area (Å²) in [6.45, 7) is 3.14. The third-order valence-electron chi connectivity index (χ3n) is 8.67. The molecule has 0 radical (unpaired) electrons. The fourth-order valence-electron chi connectivity index (χ4n) is 6.70. The molecule has 11 heteroatoms. The van der Waals surface area contributed by atoms with Crippen molar-refractivity contribution in [2.45, 2.75) is 69.2 Å². The largest absolute Gasteiger partial charge is 0.481 e. The van der Waals surface area contributed by atoms with Crippen LogP contribution in [0.3, 0.4) is 0 Å². The minimum atomic E-state index is -0.695. The van der Waals surface area contributed by atoms with Crippen LogP contribution in [0.5, 0.6) is 0 Å². The summed E-state index contributed by atoms with van der Waals surface area (Å²) in [4.78, 5) is 44.3. The fourth-order valence-corrected chi connectivity index (χ4v) is 6.70. The molecule has 3 atom stereocenters. The van der Waals surface area contributed by atoms with E-state index in [0.717, 1.165) is 69.8 Å². The second kappa shape index (κ2) is 10.7. The van der Waals surface area contributed by atoms with Crippen molar-refractivity contribution in [3.8, 4) is 0 Å². The molecule has 202 valence electrons. The number of aromatic nitrogens is 3. The number of nitrogens with zero attached hydrogens (tertiary/aromatic N) is 6. The van der Waals surface area contributed by atoms with Gasteiger partial charge in [0, 0.05) is 49.5 Å². The third kappa shape index (κ3) is 4.99. The Morgan fingerprint density at radius 2 is 1.68 bits per heavy atom. The molecule has 1 saturated carbocycles. The first-order valence-corrected chi connectivity index (χ1v) is 13.8. The SMILES string of the molecule is O=C(O)C1CCN(C2CCCC3C2OC(=O)N3C2CCN(c3ccnc(Nc4ccncc4)n3)CC2)CC1. The van der Waals surface area contributed by atoms with Gasteiger partial charge >= 0.3 is 12.1 Å². The van der Waals surface area contributed by atoms with Crippen molar-refractivity contribution < 1.29 is 19.4 Å². The number of piperidine rings is 2. The Labute approximate surface area is 222 Å². The molecule has 0 aromatic carbocycles. The van der Waals surface area contributed by atoms with Gasteiger partial charge in [-0.2, -0.15) is 4.98 Å². The standard InChI is InChI=1S/C27H35N7O4/c35-25(36)18-7-14-32(15-8-18)21-2-1-3-22-24(21)38-27(37)34(22)20-9-16-33(17-10-20)23-6-13-29-26(31-23)30-19-4-11-28-12-5-19/h4-6,11-13,18,20-22,24H,1-3,7-10,14-17H2,(H,35,36)(H,28,29,30,31). The molecule has 38 heavy (non-hydrogen) atoms. The number of anilines is 3. The minimum absolute atomic E-state index is 0.102. The van der Waals surface area contributed by atoms with E-state index in [0.29, 0.717) is 18.8 Å². The van der Waals surface area contributed by atoms with Gasteiger partial charge in [-0.05, 0) is 76.2 Å². The van der Waals surface area contributed by atoms with E-state index in [2.05, 4.69) is 25.1 Å². The van der Waals surface area contributed by atoms with Gasteiger partial charge in [0.25, 0.3) is 0 Å². The van der Waals surface area contributed by atoms with Crippen molar-refractivity contribution in [1.29, 1.82) is 0 Å². The summed E-state index contributed by atoms with van der Waals surface area (Å²) in [5, 5.41) is 12.6. The van der Waals surface area contributed by atoms with Crippen LogP contribution >= 0.6 is 0 Å². The van der Waals surface area contributed by atoms with Crippen molar-refractivity contribution in [3.05, 3.63) is 36.8 Å². The second-order valence-corrected chi connectivity index (χ2v) is 10.8. The summed E-state index contributed by atoms with van der Waals surface area (Å²) in [6.07, 6.45) is 11.0. The highest BCUT2D eigenvalue weighted by atomic mass is 16.6. The predicted molar refractivity (Wildman–Crippen MR) is 140 cm³/mol. The van der Waals surface area contributed by atoms with Gasteiger partial charge in [0.1, 0.15) is 11.9 Å². The summed E-state index contributed by atoms with van der Waals surface area (Å²) >= 11 is 0. The van der Waals surface area contributed by atoms with Crippen LogP contribution < -0.4 is 10.2 Å². The Hall–Kier alpha value is -3.47. The number of amides is 1. The first-order chi connectivity index (χ1) is 18.6. The first kappa shape index (κ1) is 24.8. The van der Waals surface area contributed by atoms with Crippen LogP contribution in [0.15, 0.2) is 36.8 Å². The maximum Gasteiger partial charge on any atom is 0.410 e. The Morgan fingerprint density at radius 1 is 0.947 bits per heavy atom. The molecule has 2 aromatic heterocycles. The zero-order valence-corrected chi connectivity index (χ0v) is 21.5. The summed E-state index contributed by atoms with van der Waals surface area (Å²) in [7, 11) is 0. The Morgan fingerprint density at radius 3 is 2.42 bits per heavy atom. The number of fused-ring (bicyclic) bond motifs is 1. The van der Waals surface area contributed by atoms with E-state index in [-0.39, 0.29) is 36.2 Å². The average Bonchev–Trinajstić information content (AvgIpc) is 3.29. The first-order valence-electron chi connectivity index (χ1n) is 13.8. The van der Waals surface area contributed by atoms with Gasteiger partial charge in [-0.3, -0.25) is 19.6 Å². The van der Waals surface area contributed by atoms with E-state index < -0.39 is 5.97 Å². The van der Waals surface area contributed by atoms with E-state index in [1.165, 1.54) is 0 Å². The lowest BCUT2D eigenvalue weighted by molar-refractivity contribution is -0.143. The number of likely N-dealkylation sites (tertiary alicyclic amines) is 1. The topological polar surface area (TPSA) is 124 Å². The highest BCUT2D eigenvalue weighted by molar-refractivity contribution is 5.72. The lowest BCUT2D eigenvalue weighted by Crippen LogP contribution is -2.56. The number of rotatable bonds is 6. The summed E-state index contributed by atoms with van der Waals surface area (Å²) in [6, 6.07) is 6.11. The number of pyridine rings is 1. The molecule has 3 unspecified atom stereocenters. The number of carboxylic acids is 1. The number of hydrogen-bond donors (Lipinski definition) is 2. The molecule has 6 rings (SSSR count). The molecule has 1 amide bonds. The molecular formula is C27H35N7O4. The maximum absolute atomic E-state index is 13.1. The number of nitrogens with one attached hydrogen (secondary N) is 1. The van der Waals surface area contributed by atoms with Crippen LogP contribution in [0.25, 0.3) is 0 Å². The molecule has 0 bridgehead atoms. The molecule has 4 fully saturated rings. The minimum Gasteiger partial charge on any atom is -0.481 e. The Balaban J connectivity index is 1.07. The number of hydrogen-bond acceptors (Lipinski definition) is 9. The molecule has 1 aliphatic carbocycles. The molecular weight excluding hydrogens is 486 g/mol. The van der Waals surface area contributed by atoms with Crippen molar-refractivity contribution in [3.63, 3.8) is 0 Å². The van der Waals surface area contributed by atoms with Crippen molar-refractivity contribution in [1.82, 2.24) is 24.8 Å². The Bertz CT molecular complexity index is 1140. The van der Waals surface area contributed by atoms with Crippen molar-refractivity contribution >= 4 is 29.5 Å². The monoisotopic (exact) mass is 521 g/mol. The lowest BCUT2D eigenvalue weighted by Gasteiger charge is -2.44. The second-order valence-electron chi connectivity index (χ2n) is 10.8. The van der Waals surface area contributed by atoms with Gasteiger partial charge in [-0.1, -0.05) is 0 Å². The van der Waals surface area contributed by atoms with Crippen LogP contribution in [-0.4, -0.2) is 92.3 Å². The van der Waals surface area contributed by atoms with Gasteiger partial charge in [0.2, 0.25) is 5.95 Å². The zero-order chi connectivity index (χ0) is 26.1. The van der Waals surface area contributed by atoms with E-state index in [4.69, 9.17) is 9.72 Å². The lowest BCUT2D eigenvalue weighted by atomic mass is 9.84. The van der Waals surface area contributed by atoms with Crippen LogP contribution in [0.1, 0.15) is 44.9 Å². The van der Waals surface area contributed by atoms with Crippen LogP contribution in [0.2, 0.25) is 0 Å². The third-order valence-corrected chi connectivity index (χ3v) is 8.67. The number of ether oxygens (including phenoxy) is 1. The molecule has 0 spiro atoms. The van der Waals surface area contributed by atoms with E-state index in [1.54, 1.807) is 18.6 Å². The summed E-state index contributed by atoms with van der Waals surface area (Å²) in [5.41, 5.74) is 0.884. The smallest absolute Gasteiger partial charge is 0.410 e. The van der Waals surface area contributed by atoms with Gasteiger partial charge in [0.05, 0.1) is 12.0 Å². The number of carbonyl (C=O) groups is 2. The van der Waals surface area contributed by atoms with E-state index in [1.807, 2.05) is 23.1 Å². The normalized spacial score (nSPS) is 27.2. The van der Waals surface area contributed by atoms with Gasteiger partial charge in [-0.15, -0.1) is 0 Å².